The second kappa shape index (κ2) is 8.29. The molecule has 4 nitrogen and oxygen atoms in total. The van der Waals surface area contributed by atoms with E-state index in [1.165, 1.54) is 27.8 Å². The maximum Gasteiger partial charge on any atom is 0.169 e. The summed E-state index contributed by atoms with van der Waals surface area (Å²) in [4.78, 5) is 9.24. The normalized spacial score (nSPS) is 11.2. The number of aromatic nitrogens is 3. The summed E-state index contributed by atoms with van der Waals surface area (Å²) in [6.07, 6.45) is 3.72. The van der Waals surface area contributed by atoms with Gasteiger partial charge >= 0.3 is 0 Å². The molecule has 2 heterocycles. The van der Waals surface area contributed by atoms with Crippen LogP contribution in [0.5, 0.6) is 5.75 Å². The maximum absolute atomic E-state index is 5.26. The van der Waals surface area contributed by atoms with E-state index in [1.54, 1.807) is 25.1 Å². The lowest BCUT2D eigenvalue weighted by atomic mass is 10.00. The predicted molar refractivity (Wildman–Crippen MR) is 120 cm³/mol. The number of nitrogens with zero attached hydrogens (tertiary/aromatic N) is 3. The molecular weight excluding hydrogens is 378 g/mol. The number of fused-ring (bicyclic) bond motifs is 1. The summed E-state index contributed by atoms with van der Waals surface area (Å²) < 4.78 is 7.55. The van der Waals surface area contributed by atoms with Gasteiger partial charge in [-0.2, -0.15) is 0 Å². The van der Waals surface area contributed by atoms with Crippen molar-refractivity contribution in [2.45, 2.75) is 38.2 Å². The fraction of sp³-hybridized carbons (Fsp3) is 0.250. The monoisotopic (exact) mass is 403 g/mol. The van der Waals surface area contributed by atoms with Gasteiger partial charge in [-0.1, -0.05) is 41.6 Å². The van der Waals surface area contributed by atoms with E-state index in [0.717, 1.165) is 34.2 Å². The first kappa shape index (κ1) is 19.5. The summed E-state index contributed by atoms with van der Waals surface area (Å²) in [6, 6.07) is 14.7. The van der Waals surface area contributed by atoms with E-state index in [9.17, 15) is 0 Å². The smallest absolute Gasteiger partial charge is 0.169 e. The summed E-state index contributed by atoms with van der Waals surface area (Å²) in [7, 11) is 1.69. The minimum Gasteiger partial charge on any atom is -0.497 e. The molecule has 0 fully saturated rings. The summed E-state index contributed by atoms with van der Waals surface area (Å²) in [6.45, 7) is 7.33. The van der Waals surface area contributed by atoms with Crippen molar-refractivity contribution >= 4 is 22.8 Å². The number of methoxy groups -OCH3 is 1. The molecule has 148 valence electrons. The van der Waals surface area contributed by atoms with Gasteiger partial charge < -0.3 is 9.30 Å². The highest BCUT2D eigenvalue weighted by atomic mass is 32.2. The van der Waals surface area contributed by atoms with E-state index in [0.29, 0.717) is 0 Å². The largest absolute Gasteiger partial charge is 0.497 e. The Bertz CT molecular complexity index is 1130. The Balaban J connectivity index is 1.67. The molecular formula is C24H25N3OS. The average Bonchev–Trinajstić information content (AvgIpc) is 3.07. The molecule has 5 heteroatoms. The van der Waals surface area contributed by atoms with Crippen molar-refractivity contribution in [1.82, 2.24) is 14.5 Å². The minimum absolute atomic E-state index is 0.797. The van der Waals surface area contributed by atoms with Crippen molar-refractivity contribution < 1.29 is 4.74 Å². The molecule has 0 atom stereocenters. The number of rotatable bonds is 6. The quantitative estimate of drug-likeness (QED) is 0.387. The van der Waals surface area contributed by atoms with Crippen LogP contribution in [0.25, 0.3) is 11.0 Å². The highest BCUT2D eigenvalue weighted by molar-refractivity contribution is 7.98. The third-order valence-corrected chi connectivity index (χ3v) is 6.25. The third kappa shape index (κ3) is 4.15. The molecule has 0 amide bonds. The Kier molecular flexibility index (Phi) is 5.58. The molecule has 4 rings (SSSR count). The lowest BCUT2D eigenvalue weighted by Crippen LogP contribution is -2.06. The number of ether oxygens (including phenoxy) is 1. The van der Waals surface area contributed by atoms with Gasteiger partial charge in [-0.3, -0.25) is 4.98 Å². The SMILES string of the molecule is COc1ccc(CSc2nc3ccncc3n2Cc2c(C)cc(C)cc2C)cc1. The topological polar surface area (TPSA) is 39.9 Å². The van der Waals surface area contributed by atoms with Crippen LogP contribution in [0.2, 0.25) is 0 Å². The maximum atomic E-state index is 5.26. The first-order chi connectivity index (χ1) is 14.0. The van der Waals surface area contributed by atoms with Crippen molar-refractivity contribution in [3.63, 3.8) is 0 Å². The van der Waals surface area contributed by atoms with Crippen LogP contribution in [-0.4, -0.2) is 21.6 Å². The van der Waals surface area contributed by atoms with Gasteiger partial charge in [-0.25, -0.2) is 4.98 Å². The van der Waals surface area contributed by atoms with Crippen LogP contribution in [0, 0.1) is 20.8 Å². The lowest BCUT2D eigenvalue weighted by molar-refractivity contribution is 0.414. The zero-order valence-electron chi connectivity index (χ0n) is 17.3. The summed E-state index contributed by atoms with van der Waals surface area (Å²) in [5.41, 5.74) is 8.60. The molecule has 0 unspecified atom stereocenters. The first-order valence-corrected chi connectivity index (χ1v) is 10.7. The van der Waals surface area contributed by atoms with Crippen LogP contribution in [0.1, 0.15) is 27.8 Å². The number of thioether (sulfide) groups is 1. The molecule has 0 radical (unpaired) electrons. The molecule has 0 N–H and O–H groups in total. The number of hydrogen-bond donors (Lipinski definition) is 0. The molecule has 0 saturated heterocycles. The molecule has 2 aromatic carbocycles. The number of pyridine rings is 1. The van der Waals surface area contributed by atoms with Crippen LogP contribution >= 0.6 is 11.8 Å². The van der Waals surface area contributed by atoms with Gasteiger partial charge in [0.1, 0.15) is 5.75 Å². The van der Waals surface area contributed by atoms with E-state index in [4.69, 9.17) is 9.72 Å². The molecule has 0 aliphatic rings. The standard InChI is InChI=1S/C24H25N3OS/c1-16-11-17(2)21(18(3)12-16)14-27-23-13-25-10-9-22(23)26-24(27)29-15-19-5-7-20(28-4)8-6-19/h5-13H,14-15H2,1-4H3. The van der Waals surface area contributed by atoms with Gasteiger partial charge in [0.2, 0.25) is 0 Å². The average molecular weight is 404 g/mol. The molecule has 0 aliphatic carbocycles. The fourth-order valence-corrected chi connectivity index (χ4v) is 4.67. The van der Waals surface area contributed by atoms with Crippen LogP contribution in [0.15, 0.2) is 60.0 Å². The van der Waals surface area contributed by atoms with E-state index in [2.05, 4.69) is 54.6 Å². The fourth-order valence-electron chi connectivity index (χ4n) is 3.70. The number of hydrogen-bond acceptors (Lipinski definition) is 4. The van der Waals surface area contributed by atoms with Crippen LogP contribution in [0.3, 0.4) is 0 Å². The van der Waals surface area contributed by atoms with Crippen LogP contribution in [-0.2, 0) is 12.3 Å². The van der Waals surface area contributed by atoms with Crippen molar-refractivity contribution in [3.8, 4) is 5.75 Å². The van der Waals surface area contributed by atoms with Gasteiger partial charge in [0.05, 0.1) is 30.9 Å². The van der Waals surface area contributed by atoms with Gasteiger partial charge in [0, 0.05) is 11.9 Å². The molecule has 4 aromatic rings. The zero-order chi connectivity index (χ0) is 20.4. The highest BCUT2D eigenvalue weighted by Crippen LogP contribution is 2.29. The molecule has 2 aromatic heterocycles. The number of benzene rings is 2. The van der Waals surface area contributed by atoms with Crippen LogP contribution < -0.4 is 4.74 Å². The molecule has 0 aliphatic heterocycles. The van der Waals surface area contributed by atoms with E-state index >= 15 is 0 Å². The second-order valence-corrected chi connectivity index (χ2v) is 8.30. The second-order valence-electron chi connectivity index (χ2n) is 7.36. The summed E-state index contributed by atoms with van der Waals surface area (Å²) in [5.74, 6) is 1.73. The predicted octanol–water partition coefficient (Wildman–Crippen LogP) is 5.71. The number of aryl methyl sites for hydroxylation is 3. The van der Waals surface area contributed by atoms with Gasteiger partial charge in [-0.05, 0) is 61.2 Å². The van der Waals surface area contributed by atoms with Crippen LogP contribution in [0.4, 0.5) is 0 Å². The van der Waals surface area contributed by atoms with Crippen molar-refractivity contribution in [1.29, 1.82) is 0 Å². The summed E-state index contributed by atoms with van der Waals surface area (Å²) >= 11 is 1.76. The van der Waals surface area contributed by atoms with Gasteiger partial charge in [-0.15, -0.1) is 0 Å². The lowest BCUT2D eigenvalue weighted by Gasteiger charge is -2.15. The third-order valence-electron chi connectivity index (χ3n) is 5.20. The molecule has 29 heavy (non-hydrogen) atoms. The van der Waals surface area contributed by atoms with Gasteiger partial charge in [0.25, 0.3) is 0 Å². The first-order valence-electron chi connectivity index (χ1n) is 9.68. The Morgan fingerprint density at radius 2 is 1.72 bits per heavy atom. The van der Waals surface area contributed by atoms with E-state index < -0.39 is 0 Å². The minimum atomic E-state index is 0.797. The number of imidazole rings is 1. The Morgan fingerprint density at radius 1 is 1.00 bits per heavy atom. The van der Waals surface area contributed by atoms with E-state index in [-0.39, 0.29) is 0 Å². The Labute approximate surface area is 176 Å². The molecule has 0 spiro atoms. The van der Waals surface area contributed by atoms with Crippen molar-refractivity contribution in [2.24, 2.45) is 0 Å². The molecule has 0 bridgehead atoms. The van der Waals surface area contributed by atoms with Crippen molar-refractivity contribution in [3.05, 3.63) is 82.7 Å². The zero-order valence-corrected chi connectivity index (χ0v) is 18.1. The summed E-state index contributed by atoms with van der Waals surface area (Å²) in [5, 5.41) is 1.02. The molecule has 0 saturated carbocycles. The van der Waals surface area contributed by atoms with E-state index in [1.807, 2.05) is 24.4 Å². The Hall–Kier alpha value is -2.79. The highest BCUT2D eigenvalue weighted by Gasteiger charge is 2.14. The Morgan fingerprint density at radius 3 is 2.41 bits per heavy atom. The van der Waals surface area contributed by atoms with Gasteiger partial charge in [0.15, 0.2) is 5.16 Å². The van der Waals surface area contributed by atoms with Crippen molar-refractivity contribution in [2.75, 3.05) is 7.11 Å².